The van der Waals surface area contributed by atoms with Gasteiger partial charge in [-0.2, -0.15) is 0 Å². The maximum atomic E-state index is 12.5. The van der Waals surface area contributed by atoms with Gasteiger partial charge in [0.25, 0.3) is 0 Å². The molecular formula is C16H21NO4. The van der Waals surface area contributed by atoms with E-state index in [2.05, 4.69) is 0 Å². The molecular weight excluding hydrogens is 270 g/mol. The molecule has 0 fully saturated rings. The molecule has 0 aromatic heterocycles. The Kier molecular flexibility index (Phi) is 4.01. The smallest absolute Gasteiger partial charge is 0.168 e. The zero-order valence-corrected chi connectivity index (χ0v) is 12.4. The van der Waals surface area contributed by atoms with Crippen LogP contribution in [0, 0.1) is 0 Å². The Morgan fingerprint density at radius 3 is 2.48 bits per heavy atom. The molecule has 2 aliphatic heterocycles. The van der Waals surface area contributed by atoms with Gasteiger partial charge in [0, 0.05) is 17.5 Å². The van der Waals surface area contributed by atoms with Crippen LogP contribution in [0.1, 0.15) is 40.7 Å². The molecule has 3 rings (SSSR count). The van der Waals surface area contributed by atoms with Gasteiger partial charge in [0.15, 0.2) is 17.3 Å². The SMILES string of the molecule is COc1c2c(c(C(=O)CCN)c3c1OCCC3)OCCC2. The van der Waals surface area contributed by atoms with Crippen molar-refractivity contribution in [3.05, 3.63) is 16.7 Å². The fourth-order valence-electron chi connectivity index (χ4n) is 3.17. The van der Waals surface area contributed by atoms with Crippen LogP contribution in [0.2, 0.25) is 0 Å². The summed E-state index contributed by atoms with van der Waals surface area (Å²) in [7, 11) is 1.64. The van der Waals surface area contributed by atoms with Crippen molar-refractivity contribution in [2.24, 2.45) is 5.73 Å². The summed E-state index contributed by atoms with van der Waals surface area (Å²) in [6, 6.07) is 0. The predicted octanol–water partition coefficient (Wildman–Crippen LogP) is 1.88. The molecule has 0 bridgehead atoms. The van der Waals surface area contributed by atoms with Crippen LogP contribution in [0.25, 0.3) is 0 Å². The number of carbonyl (C=O) groups is 1. The van der Waals surface area contributed by atoms with Crippen molar-refractivity contribution in [2.45, 2.75) is 32.1 Å². The van der Waals surface area contributed by atoms with Gasteiger partial charge in [-0.1, -0.05) is 0 Å². The van der Waals surface area contributed by atoms with Crippen LogP contribution < -0.4 is 19.9 Å². The first kappa shape index (κ1) is 14.2. The summed E-state index contributed by atoms with van der Waals surface area (Å²) in [5.74, 6) is 2.21. The Morgan fingerprint density at radius 1 is 1.14 bits per heavy atom. The third-order valence-electron chi connectivity index (χ3n) is 4.05. The summed E-state index contributed by atoms with van der Waals surface area (Å²) < 4.78 is 17.2. The van der Waals surface area contributed by atoms with Crippen LogP contribution in [-0.4, -0.2) is 32.7 Å². The first-order chi connectivity index (χ1) is 10.3. The van der Waals surface area contributed by atoms with Crippen molar-refractivity contribution in [3.63, 3.8) is 0 Å². The summed E-state index contributed by atoms with van der Waals surface area (Å²) in [5.41, 5.74) is 8.12. The van der Waals surface area contributed by atoms with E-state index in [1.54, 1.807) is 7.11 Å². The van der Waals surface area contributed by atoms with Crippen LogP contribution in [0.3, 0.4) is 0 Å². The molecule has 2 N–H and O–H groups in total. The molecule has 0 unspecified atom stereocenters. The van der Waals surface area contributed by atoms with Gasteiger partial charge in [-0.15, -0.1) is 0 Å². The molecule has 2 heterocycles. The van der Waals surface area contributed by atoms with E-state index in [1.165, 1.54) is 0 Å². The number of hydrogen-bond donors (Lipinski definition) is 1. The molecule has 0 spiro atoms. The number of hydrogen-bond acceptors (Lipinski definition) is 5. The molecule has 21 heavy (non-hydrogen) atoms. The summed E-state index contributed by atoms with van der Waals surface area (Å²) in [6.45, 7) is 1.64. The van der Waals surface area contributed by atoms with Crippen molar-refractivity contribution in [1.82, 2.24) is 0 Å². The highest BCUT2D eigenvalue weighted by atomic mass is 16.5. The fraction of sp³-hybridized carbons (Fsp3) is 0.562. The van der Waals surface area contributed by atoms with Gasteiger partial charge in [-0.25, -0.2) is 0 Å². The summed E-state index contributed by atoms with van der Waals surface area (Å²) in [5, 5.41) is 0. The topological polar surface area (TPSA) is 70.8 Å². The lowest BCUT2D eigenvalue weighted by molar-refractivity contribution is 0.0977. The summed E-state index contributed by atoms with van der Waals surface area (Å²) in [6.07, 6.45) is 3.81. The Labute approximate surface area is 124 Å². The second-order valence-corrected chi connectivity index (χ2v) is 5.39. The second-order valence-electron chi connectivity index (χ2n) is 5.39. The van der Waals surface area contributed by atoms with E-state index in [1.807, 2.05) is 0 Å². The van der Waals surface area contributed by atoms with E-state index in [-0.39, 0.29) is 5.78 Å². The Balaban J connectivity index is 2.23. The van der Waals surface area contributed by atoms with E-state index < -0.39 is 0 Å². The van der Waals surface area contributed by atoms with Crippen molar-refractivity contribution in [3.8, 4) is 17.2 Å². The molecule has 114 valence electrons. The predicted molar refractivity (Wildman–Crippen MR) is 78.6 cm³/mol. The quantitative estimate of drug-likeness (QED) is 0.858. The minimum atomic E-state index is 0.0417. The standard InChI is InChI=1S/C16H21NO4/c1-19-15-11-5-3-8-20-14(11)13(12(18)6-7-17)10-4-2-9-21-16(10)15/h2-9,17H2,1H3. The number of carbonyl (C=O) groups excluding carboxylic acids is 1. The molecule has 2 aliphatic rings. The third kappa shape index (κ3) is 2.35. The third-order valence-corrected chi connectivity index (χ3v) is 4.05. The zero-order valence-electron chi connectivity index (χ0n) is 12.4. The van der Waals surface area contributed by atoms with Crippen molar-refractivity contribution >= 4 is 5.78 Å². The number of methoxy groups -OCH3 is 1. The van der Waals surface area contributed by atoms with Crippen LogP contribution in [0.15, 0.2) is 0 Å². The van der Waals surface area contributed by atoms with Crippen molar-refractivity contribution < 1.29 is 19.0 Å². The van der Waals surface area contributed by atoms with Crippen LogP contribution in [-0.2, 0) is 12.8 Å². The number of Topliss-reactive ketones (excluding diaryl/α,β-unsaturated/α-hetero) is 1. The number of fused-ring (bicyclic) bond motifs is 2. The monoisotopic (exact) mass is 291 g/mol. The Bertz CT molecular complexity index is 531. The Hall–Kier alpha value is -1.75. The van der Waals surface area contributed by atoms with Gasteiger partial charge in [-0.05, 0) is 32.2 Å². The van der Waals surface area contributed by atoms with Crippen LogP contribution in [0.4, 0.5) is 0 Å². The minimum Gasteiger partial charge on any atom is -0.492 e. The molecule has 5 nitrogen and oxygen atoms in total. The van der Waals surface area contributed by atoms with Crippen molar-refractivity contribution in [2.75, 3.05) is 26.9 Å². The zero-order chi connectivity index (χ0) is 14.8. The van der Waals surface area contributed by atoms with Crippen LogP contribution >= 0.6 is 0 Å². The lowest BCUT2D eigenvalue weighted by Gasteiger charge is -2.29. The molecule has 0 aliphatic carbocycles. The van der Waals surface area contributed by atoms with Gasteiger partial charge in [0.1, 0.15) is 5.75 Å². The number of benzene rings is 1. The second kappa shape index (κ2) is 5.93. The maximum Gasteiger partial charge on any atom is 0.168 e. The Morgan fingerprint density at radius 2 is 1.81 bits per heavy atom. The number of ether oxygens (including phenoxy) is 3. The molecule has 1 aromatic rings. The van der Waals surface area contributed by atoms with Crippen LogP contribution in [0.5, 0.6) is 17.2 Å². The van der Waals surface area contributed by atoms with Gasteiger partial charge < -0.3 is 19.9 Å². The lowest BCUT2D eigenvalue weighted by Crippen LogP contribution is -2.21. The largest absolute Gasteiger partial charge is 0.492 e. The van der Waals surface area contributed by atoms with Gasteiger partial charge in [0.05, 0.1) is 25.9 Å². The normalized spacial score (nSPS) is 16.3. The van der Waals surface area contributed by atoms with E-state index >= 15 is 0 Å². The highest BCUT2D eigenvalue weighted by Crippen LogP contribution is 2.48. The van der Waals surface area contributed by atoms with Gasteiger partial charge >= 0.3 is 0 Å². The molecule has 1 aromatic carbocycles. The first-order valence-electron chi connectivity index (χ1n) is 7.52. The molecule has 0 saturated carbocycles. The van der Waals surface area contributed by atoms with Gasteiger partial charge in [0.2, 0.25) is 0 Å². The molecule has 0 atom stereocenters. The van der Waals surface area contributed by atoms with E-state index in [0.717, 1.165) is 48.3 Å². The molecule has 0 saturated heterocycles. The van der Waals surface area contributed by atoms with E-state index in [0.29, 0.717) is 37.5 Å². The average Bonchev–Trinajstić information content (AvgIpc) is 2.52. The van der Waals surface area contributed by atoms with E-state index in [4.69, 9.17) is 19.9 Å². The van der Waals surface area contributed by atoms with Crippen molar-refractivity contribution in [1.29, 1.82) is 0 Å². The minimum absolute atomic E-state index is 0.0417. The highest BCUT2D eigenvalue weighted by molar-refractivity contribution is 6.02. The first-order valence-corrected chi connectivity index (χ1v) is 7.52. The molecule has 0 radical (unpaired) electrons. The fourth-order valence-corrected chi connectivity index (χ4v) is 3.17. The number of ketones is 1. The maximum absolute atomic E-state index is 12.5. The molecule has 0 amide bonds. The highest BCUT2D eigenvalue weighted by Gasteiger charge is 2.32. The lowest BCUT2D eigenvalue weighted by atomic mass is 9.89. The summed E-state index contributed by atoms with van der Waals surface area (Å²) in [4.78, 5) is 12.5. The van der Waals surface area contributed by atoms with E-state index in [9.17, 15) is 4.79 Å². The summed E-state index contributed by atoms with van der Waals surface area (Å²) >= 11 is 0. The average molecular weight is 291 g/mol. The number of nitrogens with two attached hydrogens (primary N) is 1. The molecule has 5 heteroatoms. The number of rotatable bonds is 4. The van der Waals surface area contributed by atoms with Gasteiger partial charge in [-0.3, -0.25) is 4.79 Å².